The predicted molar refractivity (Wildman–Crippen MR) is 70.5 cm³/mol. The third-order valence-corrected chi connectivity index (χ3v) is 3.53. The molecule has 0 aromatic carbocycles. The maximum absolute atomic E-state index is 11.0. The highest BCUT2D eigenvalue weighted by Crippen LogP contribution is 2.14. The van der Waals surface area contributed by atoms with Gasteiger partial charge in [0.05, 0.1) is 11.4 Å². The van der Waals surface area contributed by atoms with Gasteiger partial charge in [0.1, 0.15) is 15.4 Å². The first-order valence-corrected chi connectivity index (χ1v) is 7.74. The Morgan fingerprint density at radius 3 is 2.94 bits per heavy atom. The van der Waals surface area contributed by atoms with E-state index in [0.717, 1.165) is 17.0 Å². The molecule has 0 radical (unpaired) electrons. The van der Waals surface area contributed by atoms with Crippen LogP contribution in [0.2, 0.25) is 0 Å². The van der Waals surface area contributed by atoms with Crippen molar-refractivity contribution in [2.24, 2.45) is 0 Å². The van der Waals surface area contributed by atoms with E-state index in [1.165, 1.54) is 6.26 Å². The molecule has 0 aliphatic heterocycles. The molecule has 2 rings (SSSR count). The smallest absolute Gasteiger partial charge is 0.152 e. The standard InChI is InChI=1S/C11H16N4O2S/c1-9-8-10-11(13-5-6-15(10)14-9)12-4-3-7-18(2,16)17/h5-6,8H,3-4,7H2,1-2H3,(H,12,13). The van der Waals surface area contributed by atoms with Gasteiger partial charge in [0.25, 0.3) is 0 Å². The van der Waals surface area contributed by atoms with Crippen LogP contribution < -0.4 is 5.32 Å². The number of rotatable bonds is 5. The predicted octanol–water partition coefficient (Wildman–Crippen LogP) is 0.884. The monoisotopic (exact) mass is 268 g/mol. The lowest BCUT2D eigenvalue weighted by Crippen LogP contribution is -2.11. The average Bonchev–Trinajstić information content (AvgIpc) is 2.64. The van der Waals surface area contributed by atoms with Crippen molar-refractivity contribution in [3.63, 3.8) is 0 Å². The van der Waals surface area contributed by atoms with Crippen LogP contribution in [0.4, 0.5) is 5.82 Å². The van der Waals surface area contributed by atoms with Gasteiger partial charge < -0.3 is 5.32 Å². The van der Waals surface area contributed by atoms with Gasteiger partial charge in [0.15, 0.2) is 5.82 Å². The maximum atomic E-state index is 11.0. The SMILES string of the molecule is Cc1cc2c(NCCCS(C)(=O)=O)nccn2n1. The summed E-state index contributed by atoms with van der Waals surface area (Å²) in [6, 6.07) is 1.94. The van der Waals surface area contributed by atoms with Gasteiger partial charge in [-0.15, -0.1) is 0 Å². The van der Waals surface area contributed by atoms with Crippen LogP contribution in [-0.2, 0) is 9.84 Å². The van der Waals surface area contributed by atoms with Crippen molar-refractivity contribution in [2.45, 2.75) is 13.3 Å². The van der Waals surface area contributed by atoms with Crippen LogP contribution in [0.1, 0.15) is 12.1 Å². The summed E-state index contributed by atoms with van der Waals surface area (Å²) in [5, 5.41) is 7.42. The van der Waals surface area contributed by atoms with E-state index in [1.807, 2.05) is 13.0 Å². The van der Waals surface area contributed by atoms with E-state index in [4.69, 9.17) is 0 Å². The average molecular weight is 268 g/mol. The third kappa shape index (κ3) is 3.19. The number of hydrogen-bond acceptors (Lipinski definition) is 5. The Morgan fingerprint density at radius 2 is 2.22 bits per heavy atom. The molecule has 2 heterocycles. The molecule has 0 spiro atoms. The number of fused-ring (bicyclic) bond motifs is 1. The molecule has 0 aliphatic carbocycles. The molecule has 18 heavy (non-hydrogen) atoms. The van der Waals surface area contributed by atoms with Crippen molar-refractivity contribution in [3.8, 4) is 0 Å². The van der Waals surface area contributed by atoms with Gasteiger partial charge in [-0.1, -0.05) is 0 Å². The Morgan fingerprint density at radius 1 is 1.44 bits per heavy atom. The van der Waals surface area contributed by atoms with E-state index < -0.39 is 9.84 Å². The summed E-state index contributed by atoms with van der Waals surface area (Å²) in [7, 11) is -2.89. The number of anilines is 1. The lowest BCUT2D eigenvalue weighted by atomic mass is 10.4. The van der Waals surface area contributed by atoms with E-state index in [9.17, 15) is 8.42 Å². The van der Waals surface area contributed by atoms with Gasteiger partial charge in [0.2, 0.25) is 0 Å². The highest BCUT2D eigenvalue weighted by molar-refractivity contribution is 7.90. The van der Waals surface area contributed by atoms with Gasteiger partial charge in [0, 0.05) is 25.2 Å². The van der Waals surface area contributed by atoms with Gasteiger partial charge in [-0.25, -0.2) is 17.9 Å². The zero-order valence-corrected chi connectivity index (χ0v) is 11.2. The van der Waals surface area contributed by atoms with Crippen LogP contribution in [0.25, 0.3) is 5.52 Å². The fourth-order valence-electron chi connectivity index (χ4n) is 1.72. The summed E-state index contributed by atoms with van der Waals surface area (Å²) >= 11 is 0. The number of aromatic nitrogens is 3. The van der Waals surface area contributed by atoms with Gasteiger partial charge in [-0.05, 0) is 19.4 Å². The summed E-state index contributed by atoms with van der Waals surface area (Å²) in [6.07, 6.45) is 5.25. The van der Waals surface area contributed by atoms with Crippen molar-refractivity contribution in [2.75, 3.05) is 23.9 Å². The van der Waals surface area contributed by atoms with Crippen molar-refractivity contribution >= 4 is 21.2 Å². The van der Waals surface area contributed by atoms with Crippen LogP contribution in [0, 0.1) is 6.92 Å². The quantitative estimate of drug-likeness (QED) is 0.815. The fraction of sp³-hybridized carbons (Fsp3) is 0.455. The molecule has 0 amide bonds. The van der Waals surface area contributed by atoms with E-state index >= 15 is 0 Å². The Kier molecular flexibility index (Phi) is 3.51. The first-order valence-electron chi connectivity index (χ1n) is 5.68. The molecule has 0 aliphatic rings. The summed E-state index contributed by atoms with van der Waals surface area (Å²) in [6.45, 7) is 2.49. The number of nitrogens with one attached hydrogen (secondary N) is 1. The van der Waals surface area contributed by atoms with Gasteiger partial charge in [-0.2, -0.15) is 5.10 Å². The van der Waals surface area contributed by atoms with Gasteiger partial charge >= 0.3 is 0 Å². The van der Waals surface area contributed by atoms with E-state index in [1.54, 1.807) is 16.9 Å². The molecule has 6 nitrogen and oxygen atoms in total. The number of hydrogen-bond donors (Lipinski definition) is 1. The largest absolute Gasteiger partial charge is 0.368 e. The molecule has 1 N–H and O–H groups in total. The third-order valence-electron chi connectivity index (χ3n) is 2.50. The highest BCUT2D eigenvalue weighted by Gasteiger charge is 2.05. The summed E-state index contributed by atoms with van der Waals surface area (Å²) in [5.74, 6) is 0.910. The molecule has 0 saturated heterocycles. The minimum absolute atomic E-state index is 0.182. The zero-order chi connectivity index (χ0) is 13.2. The Balaban J connectivity index is 2.03. The fourth-order valence-corrected chi connectivity index (χ4v) is 2.39. The van der Waals surface area contributed by atoms with Crippen LogP contribution in [-0.4, -0.2) is 41.6 Å². The van der Waals surface area contributed by atoms with E-state index in [2.05, 4.69) is 15.4 Å². The first-order chi connectivity index (χ1) is 8.46. The van der Waals surface area contributed by atoms with Crippen molar-refractivity contribution in [3.05, 3.63) is 24.2 Å². The maximum Gasteiger partial charge on any atom is 0.152 e. The van der Waals surface area contributed by atoms with Crippen molar-refractivity contribution in [1.29, 1.82) is 0 Å². The molecular weight excluding hydrogens is 252 g/mol. The minimum Gasteiger partial charge on any atom is -0.368 e. The first kappa shape index (κ1) is 12.8. The molecule has 0 atom stereocenters. The Bertz CT molecular complexity index is 648. The second-order valence-corrected chi connectivity index (χ2v) is 6.56. The molecule has 0 bridgehead atoms. The topological polar surface area (TPSA) is 76.4 Å². The molecule has 98 valence electrons. The van der Waals surface area contributed by atoms with Crippen LogP contribution in [0.3, 0.4) is 0 Å². The molecule has 0 fully saturated rings. The molecule has 2 aromatic heterocycles. The number of sulfone groups is 1. The second kappa shape index (κ2) is 4.93. The Labute approximate surface area is 106 Å². The molecule has 7 heteroatoms. The van der Waals surface area contributed by atoms with Gasteiger partial charge in [-0.3, -0.25) is 0 Å². The molecule has 0 unspecified atom stereocenters. The summed E-state index contributed by atoms with van der Waals surface area (Å²) < 4.78 is 23.8. The van der Waals surface area contributed by atoms with Crippen LogP contribution in [0.5, 0.6) is 0 Å². The zero-order valence-electron chi connectivity index (χ0n) is 10.4. The normalized spacial score (nSPS) is 11.9. The van der Waals surface area contributed by atoms with E-state index in [0.29, 0.717) is 13.0 Å². The second-order valence-electron chi connectivity index (χ2n) is 4.30. The molecular formula is C11H16N4O2S. The Hall–Kier alpha value is -1.63. The van der Waals surface area contributed by atoms with E-state index in [-0.39, 0.29) is 5.75 Å². The molecule has 2 aromatic rings. The molecule has 0 saturated carbocycles. The van der Waals surface area contributed by atoms with Crippen LogP contribution in [0.15, 0.2) is 18.5 Å². The number of nitrogens with zero attached hydrogens (tertiary/aromatic N) is 3. The summed E-state index contributed by atoms with van der Waals surface area (Å²) in [4.78, 5) is 4.23. The van der Waals surface area contributed by atoms with Crippen molar-refractivity contribution in [1.82, 2.24) is 14.6 Å². The van der Waals surface area contributed by atoms with Crippen LogP contribution >= 0.6 is 0 Å². The van der Waals surface area contributed by atoms with Crippen molar-refractivity contribution < 1.29 is 8.42 Å². The highest BCUT2D eigenvalue weighted by atomic mass is 32.2. The summed E-state index contributed by atoms with van der Waals surface area (Å²) in [5.41, 5.74) is 1.82. The lowest BCUT2D eigenvalue weighted by molar-refractivity contribution is 0.600. The minimum atomic E-state index is -2.89. The number of aryl methyl sites for hydroxylation is 1. The lowest BCUT2D eigenvalue weighted by Gasteiger charge is -2.06.